The average Bonchev–Trinajstić information content (AvgIpc) is 2.48. The van der Waals surface area contributed by atoms with Crippen molar-refractivity contribution in [1.29, 1.82) is 0 Å². The Kier molecular flexibility index (Phi) is 6.01. The first-order valence-electron chi connectivity index (χ1n) is 8.51. The van der Waals surface area contributed by atoms with Crippen molar-refractivity contribution in [3.8, 4) is 0 Å². The third-order valence-corrected chi connectivity index (χ3v) is 4.20. The molecule has 136 valence electrons. The van der Waals surface area contributed by atoms with Crippen LogP contribution in [0.25, 0.3) is 0 Å². The molecule has 0 unspecified atom stereocenters. The zero-order chi connectivity index (χ0) is 18.6. The van der Waals surface area contributed by atoms with Crippen molar-refractivity contribution >= 4 is 11.8 Å². The predicted molar refractivity (Wildman–Crippen MR) is 94.3 cm³/mol. The molecular formula is C20H26O5. The summed E-state index contributed by atoms with van der Waals surface area (Å²) < 4.78 is 5.29. The van der Waals surface area contributed by atoms with Crippen LogP contribution >= 0.6 is 0 Å². The molecule has 0 aromatic rings. The van der Waals surface area contributed by atoms with Crippen molar-refractivity contribution < 1.29 is 24.1 Å². The second-order valence-corrected chi connectivity index (χ2v) is 7.16. The maximum Gasteiger partial charge on any atom is 0.331 e. The van der Waals surface area contributed by atoms with Gasteiger partial charge in [-0.25, -0.2) is 4.79 Å². The first kappa shape index (κ1) is 19.2. The molecule has 0 radical (unpaired) electrons. The van der Waals surface area contributed by atoms with Crippen LogP contribution in [0.2, 0.25) is 0 Å². The molecule has 0 spiro atoms. The second kappa shape index (κ2) is 7.83. The van der Waals surface area contributed by atoms with Crippen LogP contribution in [0, 0.1) is 0 Å². The summed E-state index contributed by atoms with van der Waals surface area (Å²) in [6, 6.07) is 0. The van der Waals surface area contributed by atoms with E-state index < -0.39 is 5.60 Å². The van der Waals surface area contributed by atoms with E-state index in [9.17, 15) is 9.59 Å². The summed E-state index contributed by atoms with van der Waals surface area (Å²) in [4.78, 5) is 33.7. The normalized spacial score (nSPS) is 24.3. The van der Waals surface area contributed by atoms with Crippen LogP contribution in [0.15, 0.2) is 46.8 Å². The summed E-state index contributed by atoms with van der Waals surface area (Å²) in [5.41, 5.74) is 2.12. The molecule has 2 heterocycles. The number of ether oxygens (including phenoxy) is 1. The molecule has 0 fully saturated rings. The molecule has 0 aromatic carbocycles. The van der Waals surface area contributed by atoms with Crippen LogP contribution in [0.5, 0.6) is 0 Å². The van der Waals surface area contributed by atoms with Crippen LogP contribution in [-0.2, 0) is 24.1 Å². The molecule has 2 aliphatic rings. The van der Waals surface area contributed by atoms with Gasteiger partial charge >= 0.3 is 5.97 Å². The van der Waals surface area contributed by atoms with Crippen molar-refractivity contribution in [3.63, 3.8) is 0 Å². The van der Waals surface area contributed by atoms with Gasteiger partial charge in [-0.3, -0.25) is 4.79 Å². The fourth-order valence-corrected chi connectivity index (χ4v) is 2.60. The zero-order valence-corrected chi connectivity index (χ0v) is 15.5. The van der Waals surface area contributed by atoms with Crippen LogP contribution in [-0.4, -0.2) is 23.5 Å². The molecule has 25 heavy (non-hydrogen) atoms. The van der Waals surface area contributed by atoms with Gasteiger partial charge in [0.15, 0.2) is 17.1 Å². The minimum absolute atomic E-state index is 0.111. The molecule has 5 nitrogen and oxygen atoms in total. The van der Waals surface area contributed by atoms with Gasteiger partial charge in [0.2, 0.25) is 0 Å². The van der Waals surface area contributed by atoms with E-state index in [1.54, 1.807) is 13.8 Å². The standard InChI is InChI=1S/C20H26O5/c1-13(9-16-10-14(2)11-19(22)23-16)7-6-8-15(3)17-12-18(21)20(4,5)25-24-17/h8-9,11-12,16H,6-7,10H2,1-5H3/t16-/m1/s1. The van der Waals surface area contributed by atoms with E-state index in [0.717, 1.165) is 36.0 Å². The first-order valence-corrected chi connectivity index (χ1v) is 8.51. The van der Waals surface area contributed by atoms with E-state index in [0.29, 0.717) is 5.76 Å². The van der Waals surface area contributed by atoms with E-state index in [2.05, 4.69) is 0 Å². The summed E-state index contributed by atoms with van der Waals surface area (Å²) in [6.45, 7) is 9.19. The number of esters is 1. The molecule has 1 atom stereocenters. The van der Waals surface area contributed by atoms with Crippen LogP contribution in [0.4, 0.5) is 0 Å². The molecule has 0 N–H and O–H groups in total. The largest absolute Gasteiger partial charge is 0.455 e. The molecular weight excluding hydrogens is 320 g/mol. The second-order valence-electron chi connectivity index (χ2n) is 7.16. The Hall–Kier alpha value is -2.14. The Morgan fingerprint density at radius 1 is 1.28 bits per heavy atom. The summed E-state index contributed by atoms with van der Waals surface area (Å²) in [5, 5.41) is 0. The Labute approximate surface area is 148 Å². The molecule has 0 bridgehead atoms. The highest BCUT2D eigenvalue weighted by atomic mass is 17.2. The predicted octanol–water partition coefficient (Wildman–Crippen LogP) is 4.11. The maximum atomic E-state index is 11.9. The number of rotatable bonds is 5. The van der Waals surface area contributed by atoms with Gasteiger partial charge in [0.05, 0.1) is 0 Å². The number of carbonyl (C=O) groups is 2. The fourth-order valence-electron chi connectivity index (χ4n) is 2.60. The minimum atomic E-state index is -0.937. The molecule has 0 amide bonds. The maximum absolute atomic E-state index is 11.9. The van der Waals surface area contributed by atoms with Crippen molar-refractivity contribution in [2.45, 2.75) is 65.6 Å². The molecule has 5 heteroatoms. The van der Waals surface area contributed by atoms with Gasteiger partial charge in [-0.2, -0.15) is 4.89 Å². The number of cyclic esters (lactones) is 1. The zero-order valence-electron chi connectivity index (χ0n) is 15.5. The Balaban J connectivity index is 1.90. The molecule has 0 saturated carbocycles. The van der Waals surface area contributed by atoms with Crippen LogP contribution in [0.1, 0.15) is 53.9 Å². The number of hydrogen-bond donors (Lipinski definition) is 0. The summed E-state index contributed by atoms with van der Waals surface area (Å²) in [5.74, 6) is 0.0653. The lowest BCUT2D eigenvalue weighted by Crippen LogP contribution is -2.37. The highest BCUT2D eigenvalue weighted by Crippen LogP contribution is 2.25. The van der Waals surface area contributed by atoms with E-state index in [1.165, 1.54) is 12.2 Å². The SMILES string of the molecule is CC(=C[C@@H]1CC(C)=CC(=O)O1)CCC=C(C)C1=CC(=O)C(C)(C)OO1. The summed E-state index contributed by atoms with van der Waals surface area (Å²) >= 11 is 0. The van der Waals surface area contributed by atoms with Gasteiger partial charge in [0.1, 0.15) is 6.10 Å². The van der Waals surface area contributed by atoms with Gasteiger partial charge in [-0.05, 0) is 59.1 Å². The average molecular weight is 346 g/mol. The van der Waals surface area contributed by atoms with Crippen LogP contribution in [0.3, 0.4) is 0 Å². The first-order chi connectivity index (χ1) is 11.7. The lowest BCUT2D eigenvalue weighted by Gasteiger charge is -2.26. The lowest BCUT2D eigenvalue weighted by atomic mass is 10.0. The number of hydrogen-bond acceptors (Lipinski definition) is 5. The quantitative estimate of drug-likeness (QED) is 0.426. The lowest BCUT2D eigenvalue weighted by molar-refractivity contribution is -0.317. The molecule has 0 aromatic heterocycles. The van der Waals surface area contributed by atoms with E-state index in [-0.39, 0.29) is 17.9 Å². The van der Waals surface area contributed by atoms with Gasteiger partial charge in [0, 0.05) is 18.6 Å². The summed E-state index contributed by atoms with van der Waals surface area (Å²) in [7, 11) is 0. The third kappa shape index (κ3) is 5.43. The van der Waals surface area contributed by atoms with Gasteiger partial charge in [0.25, 0.3) is 0 Å². The van der Waals surface area contributed by atoms with E-state index in [4.69, 9.17) is 14.5 Å². The van der Waals surface area contributed by atoms with Gasteiger partial charge in [-0.1, -0.05) is 17.2 Å². The van der Waals surface area contributed by atoms with Crippen molar-refractivity contribution in [2.75, 3.05) is 0 Å². The number of allylic oxidation sites excluding steroid dienone is 3. The highest BCUT2D eigenvalue weighted by molar-refractivity contribution is 5.97. The smallest absolute Gasteiger partial charge is 0.331 e. The minimum Gasteiger partial charge on any atom is -0.455 e. The monoisotopic (exact) mass is 346 g/mol. The topological polar surface area (TPSA) is 61.8 Å². The number of ketones is 1. The molecule has 0 saturated heterocycles. The molecule has 0 aliphatic carbocycles. The summed E-state index contributed by atoms with van der Waals surface area (Å²) in [6.07, 6.45) is 9.22. The van der Waals surface area contributed by atoms with Crippen molar-refractivity contribution in [1.82, 2.24) is 0 Å². The highest BCUT2D eigenvalue weighted by Gasteiger charge is 2.34. The van der Waals surface area contributed by atoms with Gasteiger partial charge in [-0.15, -0.1) is 0 Å². The fraction of sp³-hybridized carbons (Fsp3) is 0.500. The Morgan fingerprint density at radius 3 is 2.64 bits per heavy atom. The molecule has 2 aliphatic heterocycles. The van der Waals surface area contributed by atoms with Crippen molar-refractivity contribution in [3.05, 3.63) is 46.8 Å². The van der Waals surface area contributed by atoms with Gasteiger partial charge < -0.3 is 9.62 Å². The van der Waals surface area contributed by atoms with E-state index in [1.807, 2.05) is 32.9 Å². The van der Waals surface area contributed by atoms with Crippen LogP contribution < -0.4 is 0 Å². The Bertz CT molecular complexity index is 676. The Morgan fingerprint density at radius 2 is 2.00 bits per heavy atom. The number of carbonyl (C=O) groups excluding carboxylic acids is 2. The molecule has 2 rings (SSSR count). The van der Waals surface area contributed by atoms with E-state index >= 15 is 0 Å². The third-order valence-electron chi connectivity index (χ3n) is 4.20. The van der Waals surface area contributed by atoms with Crippen molar-refractivity contribution in [2.24, 2.45) is 0 Å².